The van der Waals surface area contributed by atoms with Crippen molar-refractivity contribution in [1.29, 1.82) is 0 Å². The minimum Gasteiger partial charge on any atom is -0.482 e. The smallest absolute Gasteiger partial charge is 0.260 e. The zero-order valence-electron chi connectivity index (χ0n) is 10.7. The van der Waals surface area contributed by atoms with Gasteiger partial charge in [0.1, 0.15) is 5.75 Å². The van der Waals surface area contributed by atoms with E-state index in [-0.39, 0.29) is 43.4 Å². The molecule has 0 radical (unpaired) electrons. The van der Waals surface area contributed by atoms with Crippen molar-refractivity contribution in [3.8, 4) is 5.75 Å². The van der Waals surface area contributed by atoms with Crippen LogP contribution in [0.25, 0.3) is 0 Å². The summed E-state index contributed by atoms with van der Waals surface area (Å²) in [4.78, 5) is 17.7. The highest BCUT2D eigenvalue weighted by Gasteiger charge is 2.22. The number of hydrogen-bond acceptors (Lipinski definition) is 4. The van der Waals surface area contributed by atoms with E-state index >= 15 is 0 Å². The molecule has 0 saturated carbocycles. The zero-order valence-corrected chi connectivity index (χ0v) is 12.4. The molecule has 1 amide bonds. The number of carbonyl (C=O) groups excluding carboxylic acids is 1. The molecule has 0 aliphatic carbocycles. The maximum Gasteiger partial charge on any atom is 0.260 e. The van der Waals surface area contributed by atoms with E-state index in [9.17, 15) is 4.79 Å². The second kappa shape index (κ2) is 8.96. The van der Waals surface area contributed by atoms with E-state index in [0.29, 0.717) is 5.75 Å². The summed E-state index contributed by atoms with van der Waals surface area (Å²) >= 11 is 0. The van der Waals surface area contributed by atoms with Crippen LogP contribution in [0.3, 0.4) is 0 Å². The number of rotatable bonds is 3. The number of piperazine rings is 1. The maximum absolute atomic E-state index is 11.9. The second-order valence-electron chi connectivity index (χ2n) is 4.12. The molecule has 0 unspecified atom stereocenters. The molecule has 1 N–H and O–H groups in total. The Labute approximate surface area is 125 Å². The Morgan fingerprint density at radius 2 is 2.37 bits per heavy atom. The summed E-state index contributed by atoms with van der Waals surface area (Å²) in [7, 11) is 0. The number of hydrogen-bond donors (Lipinski definition) is 1. The van der Waals surface area contributed by atoms with Gasteiger partial charge in [-0.05, 0) is 19.1 Å². The molecule has 1 aliphatic rings. The molecule has 1 aliphatic heterocycles. The summed E-state index contributed by atoms with van der Waals surface area (Å²) in [5, 5.41) is 3.25. The van der Waals surface area contributed by atoms with Crippen molar-refractivity contribution in [3.05, 3.63) is 24.5 Å². The molecule has 1 aromatic rings. The van der Waals surface area contributed by atoms with Crippen molar-refractivity contribution >= 4 is 30.7 Å². The highest BCUT2D eigenvalue weighted by Crippen LogP contribution is 2.08. The first-order valence-corrected chi connectivity index (χ1v) is 5.80. The fourth-order valence-electron chi connectivity index (χ4n) is 1.87. The molecule has 5 nitrogen and oxygen atoms in total. The van der Waals surface area contributed by atoms with Crippen molar-refractivity contribution in [3.63, 3.8) is 0 Å². The van der Waals surface area contributed by atoms with E-state index in [1.165, 1.54) is 0 Å². The first-order valence-electron chi connectivity index (χ1n) is 5.80. The molecular weight excluding hydrogens is 289 g/mol. The van der Waals surface area contributed by atoms with Crippen LogP contribution in [0.4, 0.5) is 0 Å². The Morgan fingerprint density at radius 3 is 3.00 bits per heavy atom. The number of ether oxygens (including phenoxy) is 1. The summed E-state index contributed by atoms with van der Waals surface area (Å²) in [6.45, 7) is 4.56. The molecule has 2 heterocycles. The largest absolute Gasteiger partial charge is 0.482 e. The molecule has 1 atom stereocenters. The highest BCUT2D eigenvalue weighted by molar-refractivity contribution is 5.85. The van der Waals surface area contributed by atoms with Gasteiger partial charge in [-0.3, -0.25) is 9.78 Å². The predicted octanol–water partition coefficient (Wildman–Crippen LogP) is 1.12. The number of pyridine rings is 1. The molecule has 108 valence electrons. The van der Waals surface area contributed by atoms with Gasteiger partial charge >= 0.3 is 0 Å². The highest BCUT2D eigenvalue weighted by atomic mass is 35.5. The Kier molecular flexibility index (Phi) is 8.47. The van der Waals surface area contributed by atoms with Crippen LogP contribution in [0.1, 0.15) is 6.92 Å². The molecular formula is C12H19Cl2N3O2. The van der Waals surface area contributed by atoms with Gasteiger partial charge in [0.15, 0.2) is 6.61 Å². The van der Waals surface area contributed by atoms with Gasteiger partial charge in [-0.1, -0.05) is 0 Å². The number of carbonyl (C=O) groups is 1. The van der Waals surface area contributed by atoms with Gasteiger partial charge in [-0.25, -0.2) is 0 Å². The molecule has 19 heavy (non-hydrogen) atoms. The summed E-state index contributed by atoms with van der Waals surface area (Å²) in [6.07, 6.45) is 3.28. The third kappa shape index (κ3) is 5.22. The monoisotopic (exact) mass is 307 g/mol. The standard InChI is InChI=1S/C12H17N3O2.2ClH/c1-10-7-14-5-6-15(10)12(16)9-17-11-3-2-4-13-8-11;;/h2-4,8,10,14H,5-7,9H2,1H3;2*1H/t10-;;/m0../s1. The third-order valence-electron chi connectivity index (χ3n) is 2.82. The Morgan fingerprint density at radius 1 is 1.58 bits per heavy atom. The molecule has 0 spiro atoms. The van der Waals surface area contributed by atoms with Crippen LogP contribution >= 0.6 is 24.8 Å². The molecule has 0 bridgehead atoms. The topological polar surface area (TPSA) is 54.5 Å². The Balaban J connectivity index is 0.00000162. The van der Waals surface area contributed by atoms with Crippen molar-refractivity contribution in [2.75, 3.05) is 26.2 Å². The van der Waals surface area contributed by atoms with Gasteiger partial charge < -0.3 is 15.0 Å². The minimum atomic E-state index is 0. The van der Waals surface area contributed by atoms with Crippen LogP contribution in [0.2, 0.25) is 0 Å². The number of amides is 1. The lowest BCUT2D eigenvalue weighted by molar-refractivity contribution is -0.136. The number of nitrogens with one attached hydrogen (secondary N) is 1. The van der Waals surface area contributed by atoms with Crippen molar-refractivity contribution in [1.82, 2.24) is 15.2 Å². The Bertz CT molecular complexity index is 378. The van der Waals surface area contributed by atoms with Gasteiger partial charge in [0.25, 0.3) is 5.91 Å². The summed E-state index contributed by atoms with van der Waals surface area (Å²) < 4.78 is 5.40. The second-order valence-corrected chi connectivity index (χ2v) is 4.12. The maximum atomic E-state index is 11.9. The third-order valence-corrected chi connectivity index (χ3v) is 2.82. The summed E-state index contributed by atoms with van der Waals surface area (Å²) in [6, 6.07) is 3.81. The lowest BCUT2D eigenvalue weighted by Gasteiger charge is -2.33. The van der Waals surface area contributed by atoms with Crippen LogP contribution in [0.5, 0.6) is 5.75 Å². The first-order chi connectivity index (χ1) is 8.27. The number of nitrogens with zero attached hydrogens (tertiary/aromatic N) is 2. The van der Waals surface area contributed by atoms with E-state index in [1.54, 1.807) is 24.5 Å². The lowest BCUT2D eigenvalue weighted by atomic mass is 10.2. The van der Waals surface area contributed by atoms with E-state index in [0.717, 1.165) is 19.6 Å². The predicted molar refractivity (Wildman–Crippen MR) is 78.3 cm³/mol. The van der Waals surface area contributed by atoms with E-state index in [2.05, 4.69) is 10.3 Å². The molecule has 2 rings (SSSR count). The molecule has 1 fully saturated rings. The van der Waals surface area contributed by atoms with E-state index in [1.807, 2.05) is 11.8 Å². The Hall–Kier alpha value is -1.04. The van der Waals surface area contributed by atoms with Crippen LogP contribution < -0.4 is 10.1 Å². The van der Waals surface area contributed by atoms with E-state index < -0.39 is 0 Å². The molecule has 7 heteroatoms. The van der Waals surface area contributed by atoms with Gasteiger partial charge in [0, 0.05) is 31.9 Å². The lowest BCUT2D eigenvalue weighted by Crippen LogP contribution is -2.53. The average Bonchev–Trinajstić information content (AvgIpc) is 2.38. The number of aromatic nitrogens is 1. The van der Waals surface area contributed by atoms with Gasteiger partial charge in [-0.15, -0.1) is 24.8 Å². The number of halogens is 2. The first kappa shape index (κ1) is 18.0. The molecule has 1 saturated heterocycles. The van der Waals surface area contributed by atoms with Gasteiger partial charge in [-0.2, -0.15) is 0 Å². The minimum absolute atomic E-state index is 0. The fourth-order valence-corrected chi connectivity index (χ4v) is 1.87. The fraction of sp³-hybridized carbons (Fsp3) is 0.500. The SMILES string of the molecule is C[C@H]1CNCCN1C(=O)COc1cccnc1.Cl.Cl. The quantitative estimate of drug-likeness (QED) is 0.909. The molecule has 1 aromatic heterocycles. The van der Waals surface area contributed by atoms with Crippen molar-refractivity contribution in [2.24, 2.45) is 0 Å². The van der Waals surface area contributed by atoms with Crippen LogP contribution in [0, 0.1) is 0 Å². The summed E-state index contributed by atoms with van der Waals surface area (Å²) in [5.74, 6) is 0.659. The van der Waals surface area contributed by atoms with Gasteiger partial charge in [0.05, 0.1) is 6.20 Å². The van der Waals surface area contributed by atoms with Crippen LogP contribution in [-0.4, -0.2) is 48.1 Å². The van der Waals surface area contributed by atoms with Crippen molar-refractivity contribution in [2.45, 2.75) is 13.0 Å². The van der Waals surface area contributed by atoms with Gasteiger partial charge in [0.2, 0.25) is 0 Å². The normalized spacial score (nSPS) is 17.9. The summed E-state index contributed by atoms with van der Waals surface area (Å²) in [5.41, 5.74) is 0. The van der Waals surface area contributed by atoms with Crippen molar-refractivity contribution < 1.29 is 9.53 Å². The zero-order chi connectivity index (χ0) is 12.1. The molecule has 0 aromatic carbocycles. The van der Waals surface area contributed by atoms with Crippen LogP contribution in [0.15, 0.2) is 24.5 Å². The van der Waals surface area contributed by atoms with E-state index in [4.69, 9.17) is 4.74 Å². The average molecular weight is 308 g/mol. The van der Waals surface area contributed by atoms with Crippen LogP contribution in [-0.2, 0) is 4.79 Å².